The van der Waals surface area contributed by atoms with Crippen LogP contribution in [-0.2, 0) is 0 Å². The maximum Gasteiger partial charge on any atom is 0.0718 e. The normalized spacial score (nSPS) is 15.5. The Morgan fingerprint density at radius 2 is 2.00 bits per heavy atom. The van der Waals surface area contributed by atoms with Crippen LogP contribution in [0.4, 0.5) is 0 Å². The van der Waals surface area contributed by atoms with Crippen molar-refractivity contribution in [1.82, 2.24) is 4.90 Å². The molecule has 1 unspecified atom stereocenters. The van der Waals surface area contributed by atoms with Crippen LogP contribution in [-0.4, -0.2) is 41.8 Å². The first kappa shape index (κ1) is 10.9. The highest BCUT2D eigenvalue weighted by Crippen LogP contribution is 2.05. The number of rotatable bonds is 4. The summed E-state index contributed by atoms with van der Waals surface area (Å²) < 4.78 is 0. The van der Waals surface area contributed by atoms with Gasteiger partial charge in [0.2, 0.25) is 0 Å². The first-order valence-corrected chi connectivity index (χ1v) is 3.99. The van der Waals surface area contributed by atoms with Crippen molar-refractivity contribution in [3.05, 3.63) is 0 Å². The van der Waals surface area contributed by atoms with Gasteiger partial charge in [-0.25, -0.2) is 0 Å². The quantitative estimate of drug-likeness (QED) is 0.610. The summed E-state index contributed by atoms with van der Waals surface area (Å²) in [4.78, 5) is 2.06. The van der Waals surface area contributed by atoms with E-state index in [9.17, 15) is 5.11 Å². The average Bonchev–Trinajstić information content (AvgIpc) is 1.82. The third-order valence-electron chi connectivity index (χ3n) is 1.73. The topological polar surface area (TPSA) is 49.5 Å². The molecule has 0 aliphatic carbocycles. The van der Waals surface area contributed by atoms with Gasteiger partial charge in [-0.3, -0.25) is 4.90 Å². The summed E-state index contributed by atoms with van der Waals surface area (Å²) in [5.74, 6) is 0. The van der Waals surface area contributed by atoms with Crippen molar-refractivity contribution < 1.29 is 5.11 Å². The molecule has 1 atom stereocenters. The van der Waals surface area contributed by atoms with Gasteiger partial charge in [0.1, 0.15) is 0 Å². The van der Waals surface area contributed by atoms with Crippen molar-refractivity contribution in [1.29, 1.82) is 0 Å². The average molecular weight is 160 g/mol. The van der Waals surface area contributed by atoms with Crippen molar-refractivity contribution in [2.75, 3.05) is 20.1 Å². The van der Waals surface area contributed by atoms with Gasteiger partial charge >= 0.3 is 0 Å². The van der Waals surface area contributed by atoms with Crippen LogP contribution in [0.3, 0.4) is 0 Å². The van der Waals surface area contributed by atoms with Crippen LogP contribution in [0.2, 0.25) is 0 Å². The summed E-state index contributed by atoms with van der Waals surface area (Å²) in [5.41, 5.74) is 4.84. The van der Waals surface area contributed by atoms with Crippen LogP contribution in [0.5, 0.6) is 0 Å². The number of hydrogen-bond donors (Lipinski definition) is 2. The predicted molar refractivity (Wildman–Crippen MR) is 47.4 cm³/mol. The molecule has 3 heteroatoms. The molecule has 0 aromatic carbocycles. The van der Waals surface area contributed by atoms with E-state index in [2.05, 4.69) is 4.90 Å². The van der Waals surface area contributed by atoms with Crippen LogP contribution in [0.25, 0.3) is 0 Å². The molecule has 0 radical (unpaired) electrons. The highest BCUT2D eigenvalue weighted by atomic mass is 16.3. The predicted octanol–water partition coefficient (Wildman–Crippen LogP) is 0.0363. The molecule has 0 aromatic heterocycles. The number of aliphatic hydroxyl groups is 1. The number of nitrogens with zero attached hydrogens (tertiary/aromatic N) is 1. The maximum atomic E-state index is 9.45. The van der Waals surface area contributed by atoms with E-state index in [4.69, 9.17) is 5.73 Å². The highest BCUT2D eigenvalue weighted by Gasteiger charge is 2.17. The molecule has 0 amide bonds. The molecule has 0 aliphatic heterocycles. The van der Waals surface area contributed by atoms with E-state index in [1.165, 1.54) is 0 Å². The van der Waals surface area contributed by atoms with E-state index in [1.54, 1.807) is 13.8 Å². The Kier molecular flexibility index (Phi) is 4.00. The molecule has 0 bridgehead atoms. The fourth-order valence-corrected chi connectivity index (χ4v) is 0.946. The molecular weight excluding hydrogens is 140 g/mol. The smallest absolute Gasteiger partial charge is 0.0718 e. The third kappa shape index (κ3) is 5.18. The van der Waals surface area contributed by atoms with Gasteiger partial charge in [-0.15, -0.1) is 0 Å². The first-order valence-electron chi connectivity index (χ1n) is 3.99. The maximum absolute atomic E-state index is 9.45. The summed E-state index contributed by atoms with van der Waals surface area (Å²) in [6.45, 7) is 6.93. The minimum Gasteiger partial charge on any atom is -0.389 e. The lowest BCUT2D eigenvalue weighted by Gasteiger charge is -2.29. The van der Waals surface area contributed by atoms with Crippen LogP contribution < -0.4 is 5.73 Å². The molecule has 0 fully saturated rings. The molecule has 3 nitrogen and oxygen atoms in total. The standard InChI is InChI=1S/C8H20N2O/c1-7(5-9)10(4)6-8(2,3)11/h7,11H,5-6,9H2,1-4H3. The minimum atomic E-state index is -0.627. The van der Waals surface area contributed by atoms with Gasteiger partial charge in [-0.1, -0.05) is 0 Å². The first-order chi connectivity index (χ1) is 4.87. The van der Waals surface area contributed by atoms with Crippen molar-refractivity contribution in [2.45, 2.75) is 32.4 Å². The number of hydrogen-bond acceptors (Lipinski definition) is 3. The highest BCUT2D eigenvalue weighted by molar-refractivity contribution is 4.73. The lowest BCUT2D eigenvalue weighted by Crippen LogP contribution is -2.43. The number of likely N-dealkylation sites (N-methyl/N-ethyl adjacent to an activating group) is 1. The van der Waals surface area contributed by atoms with Gasteiger partial charge in [0.25, 0.3) is 0 Å². The molecule has 68 valence electrons. The molecule has 0 heterocycles. The zero-order valence-electron chi connectivity index (χ0n) is 7.96. The zero-order valence-corrected chi connectivity index (χ0v) is 7.96. The van der Waals surface area contributed by atoms with Crippen LogP contribution in [0.1, 0.15) is 20.8 Å². The fraction of sp³-hybridized carbons (Fsp3) is 1.00. The molecule has 0 saturated carbocycles. The molecule has 0 aliphatic rings. The second-order valence-corrected chi connectivity index (χ2v) is 3.81. The lowest BCUT2D eigenvalue weighted by atomic mass is 10.1. The Morgan fingerprint density at radius 1 is 1.55 bits per heavy atom. The number of nitrogens with two attached hydrogens (primary N) is 1. The van der Waals surface area contributed by atoms with Gasteiger partial charge in [0.15, 0.2) is 0 Å². The van der Waals surface area contributed by atoms with E-state index >= 15 is 0 Å². The molecular formula is C8H20N2O. The molecule has 0 saturated heterocycles. The molecule has 3 N–H and O–H groups in total. The van der Waals surface area contributed by atoms with E-state index in [-0.39, 0.29) is 0 Å². The molecule has 11 heavy (non-hydrogen) atoms. The van der Waals surface area contributed by atoms with Gasteiger partial charge in [0, 0.05) is 19.1 Å². The summed E-state index contributed by atoms with van der Waals surface area (Å²) in [7, 11) is 1.97. The zero-order chi connectivity index (χ0) is 9.07. The summed E-state index contributed by atoms with van der Waals surface area (Å²) in [6.07, 6.45) is 0. The Labute approximate surface area is 69.2 Å². The Hall–Kier alpha value is -0.120. The third-order valence-corrected chi connectivity index (χ3v) is 1.73. The Morgan fingerprint density at radius 3 is 2.27 bits per heavy atom. The van der Waals surface area contributed by atoms with Crippen molar-refractivity contribution >= 4 is 0 Å². The summed E-state index contributed by atoms with van der Waals surface area (Å²) in [6, 6.07) is 0.335. The second-order valence-electron chi connectivity index (χ2n) is 3.81. The Bertz CT molecular complexity index is 109. The molecule has 0 spiro atoms. The lowest BCUT2D eigenvalue weighted by molar-refractivity contribution is 0.0347. The van der Waals surface area contributed by atoms with Crippen molar-refractivity contribution in [3.63, 3.8) is 0 Å². The van der Waals surface area contributed by atoms with Gasteiger partial charge in [0.05, 0.1) is 5.60 Å². The Balaban J connectivity index is 3.77. The summed E-state index contributed by atoms with van der Waals surface area (Å²) in [5, 5.41) is 9.45. The van der Waals surface area contributed by atoms with E-state index in [1.807, 2.05) is 14.0 Å². The second kappa shape index (κ2) is 4.04. The molecule has 0 aromatic rings. The van der Waals surface area contributed by atoms with E-state index in [0.29, 0.717) is 19.1 Å². The van der Waals surface area contributed by atoms with E-state index < -0.39 is 5.60 Å². The van der Waals surface area contributed by atoms with Crippen molar-refractivity contribution in [3.8, 4) is 0 Å². The largest absolute Gasteiger partial charge is 0.389 e. The van der Waals surface area contributed by atoms with Gasteiger partial charge in [-0.05, 0) is 27.8 Å². The van der Waals surface area contributed by atoms with Crippen LogP contribution in [0, 0.1) is 0 Å². The van der Waals surface area contributed by atoms with E-state index in [0.717, 1.165) is 0 Å². The van der Waals surface area contributed by atoms with Gasteiger partial charge in [-0.2, -0.15) is 0 Å². The van der Waals surface area contributed by atoms with Crippen LogP contribution in [0.15, 0.2) is 0 Å². The monoisotopic (exact) mass is 160 g/mol. The van der Waals surface area contributed by atoms with Crippen molar-refractivity contribution in [2.24, 2.45) is 5.73 Å². The fourth-order valence-electron chi connectivity index (χ4n) is 0.946. The molecule has 0 rings (SSSR count). The van der Waals surface area contributed by atoms with Gasteiger partial charge < -0.3 is 10.8 Å². The SMILES string of the molecule is CC(CN)N(C)CC(C)(C)O. The minimum absolute atomic E-state index is 0.335. The van der Waals surface area contributed by atoms with Crippen LogP contribution >= 0.6 is 0 Å². The summed E-state index contributed by atoms with van der Waals surface area (Å²) >= 11 is 0.